The van der Waals surface area contributed by atoms with Crippen LogP contribution < -0.4 is 37.6 Å². The molecule has 0 aliphatic rings. The molecule has 0 unspecified atom stereocenters. The summed E-state index contributed by atoms with van der Waals surface area (Å²) >= 11 is 2.13. The fourth-order valence-corrected chi connectivity index (χ4v) is 6.79. The molecule has 2 atom stereocenters. The second-order valence-electron chi connectivity index (χ2n) is 16.4. The second-order valence-corrected chi connectivity index (χ2v) is 17.1. The lowest BCUT2D eigenvalue weighted by Crippen LogP contribution is -2.54. The molecule has 0 saturated carbocycles. The number of ether oxygens (including phenoxy) is 10. The molecule has 0 radical (unpaired) electrons. The maximum Gasteiger partial charge on any atom is 0.407 e. The van der Waals surface area contributed by atoms with Gasteiger partial charge in [-0.2, -0.15) is 0 Å². The zero-order chi connectivity index (χ0) is 54.0. The van der Waals surface area contributed by atoms with E-state index in [9.17, 15) is 28.8 Å². The summed E-state index contributed by atoms with van der Waals surface area (Å²) in [6.07, 6.45) is 2.02. The molecule has 2 aromatic rings. The maximum atomic E-state index is 13.7. The molecule has 0 aliphatic carbocycles. The van der Waals surface area contributed by atoms with Gasteiger partial charge in [-0.1, -0.05) is 54.6 Å². The number of hydrogen-bond donors (Lipinski definition) is 7. The SMILES string of the molecule is CCCOCCC(=O)N[C@H](C(=O)N[C@@H](CCCNC(N)=O)C(=O)Nc1ccc(CI)c(NC(=O)CNC(=O)OCc2cn(CCOCCOCCOCCOCCOCCOCCOCCOC)nn2)c1)C(C)C. The average Bonchev–Trinajstić information content (AvgIpc) is 3.84. The van der Waals surface area contributed by atoms with Crippen LogP contribution in [0.4, 0.5) is 21.0 Å². The van der Waals surface area contributed by atoms with Crippen LogP contribution >= 0.6 is 22.6 Å². The van der Waals surface area contributed by atoms with Crippen molar-refractivity contribution in [2.45, 2.75) is 76.1 Å². The first-order chi connectivity index (χ1) is 35.9. The molecule has 0 aliphatic heterocycles. The number of alkyl halides is 1. The summed E-state index contributed by atoms with van der Waals surface area (Å²) in [6.45, 7) is 13.1. The summed E-state index contributed by atoms with van der Waals surface area (Å²) in [4.78, 5) is 76.5. The number of nitrogens with two attached hydrogens (primary N) is 1. The maximum absolute atomic E-state index is 13.7. The van der Waals surface area contributed by atoms with Crippen molar-refractivity contribution >= 4 is 69.7 Å². The van der Waals surface area contributed by atoms with E-state index in [1.165, 1.54) is 0 Å². The van der Waals surface area contributed by atoms with E-state index < -0.39 is 48.5 Å². The topological polar surface area (TPSA) is 324 Å². The summed E-state index contributed by atoms with van der Waals surface area (Å²) in [7, 11) is 1.63. The lowest BCUT2D eigenvalue weighted by atomic mass is 10.0. The average molecular weight is 1170 g/mol. The third kappa shape index (κ3) is 32.5. The van der Waals surface area contributed by atoms with Gasteiger partial charge in [0.05, 0.1) is 118 Å². The van der Waals surface area contributed by atoms with E-state index in [4.69, 9.17) is 53.1 Å². The number of anilines is 2. The monoisotopic (exact) mass is 1170 g/mol. The number of hydrogen-bond acceptors (Lipinski definition) is 18. The number of nitrogens with zero attached hydrogens (tertiary/aromatic N) is 3. The van der Waals surface area contributed by atoms with Gasteiger partial charge in [0.15, 0.2) is 0 Å². The number of primary amides is 1. The normalized spacial score (nSPS) is 12.0. The van der Waals surface area contributed by atoms with Crippen molar-refractivity contribution in [3.05, 3.63) is 35.7 Å². The number of carbonyl (C=O) groups is 6. The molecule has 1 aromatic carbocycles. The lowest BCUT2D eigenvalue weighted by Gasteiger charge is -2.25. The van der Waals surface area contributed by atoms with Crippen molar-refractivity contribution in [3.63, 3.8) is 0 Å². The van der Waals surface area contributed by atoms with Crippen LogP contribution in [0.2, 0.25) is 0 Å². The van der Waals surface area contributed by atoms with Gasteiger partial charge in [-0.15, -0.1) is 5.10 Å². The van der Waals surface area contributed by atoms with Crippen LogP contribution in [0.3, 0.4) is 0 Å². The van der Waals surface area contributed by atoms with Crippen LogP contribution in [-0.4, -0.2) is 195 Å². The number of benzene rings is 1. The Morgan fingerprint density at radius 3 is 1.84 bits per heavy atom. The molecule has 0 spiro atoms. The molecule has 27 heteroatoms. The molecule has 2 rings (SSSR count). The molecular formula is C47H79IN10O16. The second kappa shape index (κ2) is 42.4. The summed E-state index contributed by atoms with van der Waals surface area (Å²) in [5.74, 6) is -2.40. The van der Waals surface area contributed by atoms with Gasteiger partial charge in [-0.3, -0.25) is 19.2 Å². The van der Waals surface area contributed by atoms with Gasteiger partial charge < -0.3 is 85.0 Å². The predicted octanol–water partition coefficient (Wildman–Crippen LogP) is 1.67. The van der Waals surface area contributed by atoms with E-state index in [0.29, 0.717) is 134 Å². The van der Waals surface area contributed by atoms with Gasteiger partial charge in [0.1, 0.15) is 30.9 Å². The Kier molecular flexibility index (Phi) is 37.4. The highest BCUT2D eigenvalue weighted by Gasteiger charge is 2.29. The van der Waals surface area contributed by atoms with Gasteiger partial charge >= 0.3 is 12.1 Å². The number of methoxy groups -OCH3 is 1. The van der Waals surface area contributed by atoms with Crippen LogP contribution in [0.25, 0.3) is 0 Å². The van der Waals surface area contributed by atoms with Gasteiger partial charge in [-0.25, -0.2) is 14.3 Å². The van der Waals surface area contributed by atoms with E-state index >= 15 is 0 Å². The van der Waals surface area contributed by atoms with E-state index in [2.05, 4.69) is 64.8 Å². The molecule has 420 valence electrons. The van der Waals surface area contributed by atoms with Crippen molar-refractivity contribution in [1.29, 1.82) is 0 Å². The predicted molar refractivity (Wildman–Crippen MR) is 278 cm³/mol. The van der Waals surface area contributed by atoms with Gasteiger partial charge in [0, 0.05) is 42.5 Å². The smallest absolute Gasteiger partial charge is 0.407 e. The highest BCUT2D eigenvalue weighted by Crippen LogP contribution is 2.24. The minimum absolute atomic E-state index is 0.0651. The van der Waals surface area contributed by atoms with Crippen LogP contribution in [0, 0.1) is 5.92 Å². The summed E-state index contributed by atoms with van der Waals surface area (Å²) in [6, 6.07) is 2.16. The van der Waals surface area contributed by atoms with Crippen LogP contribution in [0.1, 0.15) is 57.7 Å². The van der Waals surface area contributed by atoms with Crippen molar-refractivity contribution in [1.82, 2.24) is 36.3 Å². The summed E-state index contributed by atoms with van der Waals surface area (Å²) < 4.78 is 55.8. The zero-order valence-corrected chi connectivity index (χ0v) is 45.4. The molecule has 8 N–H and O–H groups in total. The van der Waals surface area contributed by atoms with Gasteiger partial charge in [-0.05, 0) is 42.9 Å². The third-order valence-electron chi connectivity index (χ3n) is 9.94. The van der Waals surface area contributed by atoms with Crippen molar-refractivity contribution < 1.29 is 76.1 Å². The number of aromatic nitrogens is 3. The Labute approximate surface area is 447 Å². The number of rotatable bonds is 45. The van der Waals surface area contributed by atoms with Crippen molar-refractivity contribution in [3.8, 4) is 0 Å². The number of carbonyl (C=O) groups excluding carboxylic acids is 6. The number of urea groups is 1. The Balaban J connectivity index is 1.68. The third-order valence-corrected chi connectivity index (χ3v) is 10.8. The minimum atomic E-state index is -1.08. The highest BCUT2D eigenvalue weighted by atomic mass is 127. The molecule has 26 nitrogen and oxygen atoms in total. The molecule has 0 fully saturated rings. The minimum Gasteiger partial charge on any atom is -0.443 e. The quantitative estimate of drug-likeness (QED) is 0.0282. The Morgan fingerprint density at radius 2 is 1.28 bits per heavy atom. The number of amides is 7. The van der Waals surface area contributed by atoms with E-state index in [1.54, 1.807) is 50.0 Å². The first kappa shape index (κ1) is 65.3. The first-order valence-corrected chi connectivity index (χ1v) is 26.2. The van der Waals surface area contributed by atoms with Crippen LogP contribution in [0.15, 0.2) is 24.4 Å². The van der Waals surface area contributed by atoms with Crippen LogP contribution in [0.5, 0.6) is 0 Å². The number of alkyl carbamates (subject to hydrolysis) is 1. The lowest BCUT2D eigenvalue weighted by molar-refractivity contribution is -0.132. The molecule has 74 heavy (non-hydrogen) atoms. The molecule has 0 bridgehead atoms. The van der Waals surface area contributed by atoms with E-state index in [-0.39, 0.29) is 50.8 Å². The Bertz CT molecular complexity index is 1880. The van der Waals surface area contributed by atoms with Gasteiger partial charge in [0.25, 0.3) is 0 Å². The fourth-order valence-electron chi connectivity index (χ4n) is 6.13. The van der Waals surface area contributed by atoms with Gasteiger partial charge in [0.2, 0.25) is 23.6 Å². The van der Waals surface area contributed by atoms with E-state index in [1.807, 2.05) is 6.92 Å². The van der Waals surface area contributed by atoms with Crippen LogP contribution in [-0.2, 0) is 84.1 Å². The fraction of sp³-hybridized carbons (Fsp3) is 0.702. The molecule has 7 amide bonds. The van der Waals surface area contributed by atoms with Crippen molar-refractivity contribution in [2.24, 2.45) is 11.7 Å². The number of nitrogens with one attached hydrogen (secondary N) is 6. The largest absolute Gasteiger partial charge is 0.443 e. The Morgan fingerprint density at radius 1 is 0.703 bits per heavy atom. The molecule has 1 aromatic heterocycles. The standard InChI is InChI=1S/C47H79IN10O16/c1-5-13-66-14-10-41(59)55-43(35(2)3)45(62)54-39(7-6-11-50-46(49)63)44(61)52-37-9-8-36(31-48)40(30-37)53-42(60)32-51-47(64)74-34-38-33-58(57-56-38)12-15-67-18-19-69-22-23-71-26-27-73-29-28-72-25-24-70-21-20-68-17-16-65-4/h8-9,30,33,35,39,43H,5-7,10-29,31-32,34H2,1-4H3,(H,51,64)(H,52,61)(H,53,60)(H,54,62)(H,55,59)(H3,49,50,63)/t39-,43-/m0/s1. The molecule has 0 saturated heterocycles. The van der Waals surface area contributed by atoms with E-state index in [0.717, 1.165) is 12.0 Å². The first-order valence-electron chi connectivity index (χ1n) is 24.7. The molecular weight excluding hydrogens is 1090 g/mol. The summed E-state index contributed by atoms with van der Waals surface area (Å²) in [5.41, 5.74) is 6.99. The highest BCUT2D eigenvalue weighted by molar-refractivity contribution is 14.1. The zero-order valence-electron chi connectivity index (χ0n) is 43.3. The van der Waals surface area contributed by atoms with Crippen molar-refractivity contribution in [2.75, 3.05) is 143 Å². The molecule has 1 heterocycles. The number of halogens is 1. The summed E-state index contributed by atoms with van der Waals surface area (Å²) in [5, 5.41) is 23.9. The Hall–Kier alpha value is -4.85.